The van der Waals surface area contributed by atoms with Crippen molar-refractivity contribution in [2.75, 3.05) is 0 Å². The van der Waals surface area contributed by atoms with Gasteiger partial charge in [-0.1, -0.05) is 31.2 Å². The maximum Gasteiger partial charge on any atom is 0.251 e. The van der Waals surface area contributed by atoms with Crippen LogP contribution < -0.4 is 10.9 Å². The highest BCUT2D eigenvalue weighted by Gasteiger charge is 2.10. The Morgan fingerprint density at radius 1 is 1.23 bits per heavy atom. The summed E-state index contributed by atoms with van der Waals surface area (Å²) in [6, 6.07) is 11.2. The summed E-state index contributed by atoms with van der Waals surface area (Å²) in [6.07, 6.45) is 2.61. The smallest absolute Gasteiger partial charge is 0.251 e. The zero-order valence-electron chi connectivity index (χ0n) is 12.7. The van der Waals surface area contributed by atoms with E-state index >= 15 is 0 Å². The number of carbonyl (C=O) groups excluding carboxylic acids is 1. The fourth-order valence-electron chi connectivity index (χ4n) is 2.19. The molecule has 116 valence electrons. The number of nitrogens with zero attached hydrogens (tertiary/aromatic N) is 1. The lowest BCUT2D eigenvalue weighted by Crippen LogP contribution is -2.33. The van der Waals surface area contributed by atoms with E-state index in [1.807, 2.05) is 19.1 Å². The lowest BCUT2D eigenvalue weighted by molar-refractivity contribution is -0.122. The molecule has 0 bridgehead atoms. The first-order valence-corrected chi connectivity index (χ1v) is 8.03. The summed E-state index contributed by atoms with van der Waals surface area (Å²) in [4.78, 5) is 23.8. The van der Waals surface area contributed by atoms with Crippen molar-refractivity contribution >= 4 is 21.8 Å². The molecule has 0 aliphatic rings. The molecule has 2 rings (SSSR count). The number of pyridine rings is 1. The lowest BCUT2D eigenvalue weighted by Gasteiger charge is -2.15. The van der Waals surface area contributed by atoms with Crippen LogP contribution in [0, 0.1) is 0 Å². The van der Waals surface area contributed by atoms with E-state index in [4.69, 9.17) is 0 Å². The Labute approximate surface area is 138 Å². The van der Waals surface area contributed by atoms with Gasteiger partial charge in [0.05, 0.1) is 6.04 Å². The highest BCUT2D eigenvalue weighted by Crippen LogP contribution is 2.13. The first kappa shape index (κ1) is 16.5. The predicted molar refractivity (Wildman–Crippen MR) is 90.8 cm³/mol. The fraction of sp³-hybridized carbons (Fsp3) is 0.294. The van der Waals surface area contributed by atoms with Crippen molar-refractivity contribution in [1.82, 2.24) is 9.88 Å². The number of nitrogens with one attached hydrogen (secondary N) is 1. The number of rotatable bonds is 5. The number of aryl methyl sites for hydroxylation is 1. The normalized spacial score (nSPS) is 12.0. The Morgan fingerprint density at radius 2 is 1.91 bits per heavy atom. The van der Waals surface area contributed by atoms with Crippen molar-refractivity contribution in [3.63, 3.8) is 0 Å². The van der Waals surface area contributed by atoms with Crippen molar-refractivity contribution in [3.05, 3.63) is 68.5 Å². The molecule has 5 heteroatoms. The summed E-state index contributed by atoms with van der Waals surface area (Å²) < 4.78 is 2.15. The zero-order valence-corrected chi connectivity index (χ0v) is 14.3. The number of amides is 1. The Balaban J connectivity index is 2.01. The first-order chi connectivity index (χ1) is 10.5. The van der Waals surface area contributed by atoms with Gasteiger partial charge in [-0.15, -0.1) is 0 Å². The van der Waals surface area contributed by atoms with E-state index in [0.717, 1.165) is 16.5 Å². The van der Waals surface area contributed by atoms with Gasteiger partial charge in [-0.3, -0.25) is 9.59 Å². The minimum Gasteiger partial charge on any atom is -0.348 e. The molecule has 1 amide bonds. The van der Waals surface area contributed by atoms with Crippen LogP contribution in [0.5, 0.6) is 0 Å². The molecule has 22 heavy (non-hydrogen) atoms. The third-order valence-corrected chi connectivity index (χ3v) is 4.00. The predicted octanol–water partition coefficient (Wildman–Crippen LogP) is 3.05. The molecule has 4 nitrogen and oxygen atoms in total. The zero-order chi connectivity index (χ0) is 16.1. The largest absolute Gasteiger partial charge is 0.348 e. The van der Waals surface area contributed by atoms with Gasteiger partial charge in [0.15, 0.2) is 0 Å². The Hall–Kier alpha value is -1.88. The second kappa shape index (κ2) is 7.40. The maximum absolute atomic E-state index is 12.1. The van der Waals surface area contributed by atoms with Gasteiger partial charge in [0.1, 0.15) is 6.54 Å². The summed E-state index contributed by atoms with van der Waals surface area (Å²) in [5.74, 6) is -0.188. The van der Waals surface area contributed by atoms with Crippen molar-refractivity contribution in [2.24, 2.45) is 0 Å². The van der Waals surface area contributed by atoms with Gasteiger partial charge in [-0.25, -0.2) is 0 Å². The standard InChI is InChI=1S/C17H19BrN2O2/c1-3-13-4-6-14(7-5-13)12(2)19-16(21)11-20-10-15(18)8-9-17(20)22/h4-10,12H,3,11H2,1-2H3,(H,19,21)/t12-/m1/s1. The minimum absolute atomic E-state index is 0.00958. The molecule has 0 aliphatic carbocycles. The number of hydrogen-bond acceptors (Lipinski definition) is 2. The van der Waals surface area contributed by atoms with Crippen LogP contribution in [0.1, 0.15) is 31.0 Å². The third-order valence-electron chi connectivity index (χ3n) is 3.53. The van der Waals surface area contributed by atoms with Gasteiger partial charge in [0, 0.05) is 16.7 Å². The second-order valence-electron chi connectivity index (χ2n) is 5.20. The summed E-state index contributed by atoms with van der Waals surface area (Å²) >= 11 is 3.30. The molecule has 0 fully saturated rings. The first-order valence-electron chi connectivity index (χ1n) is 7.23. The molecule has 0 unspecified atom stereocenters. The van der Waals surface area contributed by atoms with Crippen LogP contribution in [0.15, 0.2) is 51.9 Å². The topological polar surface area (TPSA) is 51.1 Å². The van der Waals surface area contributed by atoms with E-state index in [9.17, 15) is 9.59 Å². The quantitative estimate of drug-likeness (QED) is 0.888. The van der Waals surface area contributed by atoms with Crippen molar-refractivity contribution < 1.29 is 4.79 Å². The monoisotopic (exact) mass is 362 g/mol. The average molecular weight is 363 g/mol. The molecule has 2 aromatic rings. The molecule has 0 saturated heterocycles. The van der Waals surface area contributed by atoms with Crippen LogP contribution in [0.4, 0.5) is 0 Å². The summed E-state index contributed by atoms with van der Waals surface area (Å²) in [6.45, 7) is 4.05. The number of aromatic nitrogens is 1. The molecule has 1 aromatic carbocycles. The Morgan fingerprint density at radius 3 is 2.55 bits per heavy atom. The third kappa shape index (κ3) is 4.31. The molecule has 0 spiro atoms. The fourth-order valence-corrected chi connectivity index (χ4v) is 2.57. The summed E-state index contributed by atoms with van der Waals surface area (Å²) in [7, 11) is 0. The SMILES string of the molecule is CCc1ccc([C@@H](C)NC(=O)Cn2cc(Br)ccc2=O)cc1. The van der Waals surface area contributed by atoms with Gasteiger partial charge in [-0.05, 0) is 46.5 Å². The molecule has 1 heterocycles. The van der Waals surface area contributed by atoms with Crippen molar-refractivity contribution in [1.29, 1.82) is 0 Å². The molecular weight excluding hydrogens is 344 g/mol. The molecule has 1 N–H and O–H groups in total. The van der Waals surface area contributed by atoms with Crippen molar-refractivity contribution in [2.45, 2.75) is 32.9 Å². The van der Waals surface area contributed by atoms with Crippen LogP contribution in [-0.4, -0.2) is 10.5 Å². The van der Waals surface area contributed by atoms with E-state index < -0.39 is 0 Å². The van der Waals surface area contributed by atoms with Crippen LogP contribution in [0.25, 0.3) is 0 Å². The highest BCUT2D eigenvalue weighted by molar-refractivity contribution is 9.10. The molecule has 0 radical (unpaired) electrons. The van der Waals surface area contributed by atoms with Crippen LogP contribution in [0.3, 0.4) is 0 Å². The Kier molecular flexibility index (Phi) is 5.55. The molecule has 0 aliphatic heterocycles. The molecule has 1 aromatic heterocycles. The van der Waals surface area contributed by atoms with Gasteiger partial charge >= 0.3 is 0 Å². The Bertz CT molecular complexity index is 707. The minimum atomic E-state index is -0.196. The number of halogens is 1. The number of carbonyl (C=O) groups is 1. The van der Waals surface area contributed by atoms with Crippen LogP contribution >= 0.6 is 15.9 Å². The van der Waals surface area contributed by atoms with E-state index in [1.165, 1.54) is 16.2 Å². The molecule has 0 saturated carbocycles. The van der Waals surface area contributed by atoms with Gasteiger partial charge in [0.25, 0.3) is 5.56 Å². The number of benzene rings is 1. The molecular formula is C17H19BrN2O2. The van der Waals surface area contributed by atoms with E-state index in [1.54, 1.807) is 12.3 Å². The van der Waals surface area contributed by atoms with Crippen molar-refractivity contribution in [3.8, 4) is 0 Å². The van der Waals surface area contributed by atoms with E-state index in [0.29, 0.717) is 0 Å². The average Bonchev–Trinajstić information content (AvgIpc) is 2.51. The lowest BCUT2D eigenvalue weighted by atomic mass is 10.1. The van der Waals surface area contributed by atoms with Gasteiger partial charge in [0.2, 0.25) is 5.91 Å². The van der Waals surface area contributed by atoms with E-state index in [2.05, 4.69) is 40.3 Å². The van der Waals surface area contributed by atoms with Gasteiger partial charge < -0.3 is 9.88 Å². The van der Waals surface area contributed by atoms with Gasteiger partial charge in [-0.2, -0.15) is 0 Å². The van der Waals surface area contributed by atoms with Crippen LogP contribution in [0.2, 0.25) is 0 Å². The maximum atomic E-state index is 12.1. The summed E-state index contributed by atoms with van der Waals surface area (Å²) in [5.41, 5.74) is 2.12. The highest BCUT2D eigenvalue weighted by atomic mass is 79.9. The second-order valence-corrected chi connectivity index (χ2v) is 6.11. The van der Waals surface area contributed by atoms with Crippen LogP contribution in [-0.2, 0) is 17.8 Å². The summed E-state index contributed by atoms with van der Waals surface area (Å²) in [5, 5.41) is 2.91. The number of hydrogen-bond donors (Lipinski definition) is 1. The van der Waals surface area contributed by atoms with E-state index in [-0.39, 0.29) is 24.1 Å². The molecule has 1 atom stereocenters.